The molecule has 0 spiro atoms. The van der Waals surface area contributed by atoms with E-state index in [1.807, 2.05) is 39.0 Å². The van der Waals surface area contributed by atoms with Gasteiger partial charge in [0.05, 0.1) is 29.2 Å². The molecule has 3 rings (SSSR count). The van der Waals surface area contributed by atoms with Crippen LogP contribution >= 0.6 is 0 Å². The molecule has 1 aliphatic rings. The highest BCUT2D eigenvalue weighted by Crippen LogP contribution is 2.32. The lowest BCUT2D eigenvalue weighted by atomic mass is 10.2. The van der Waals surface area contributed by atoms with Gasteiger partial charge in [0, 0.05) is 51.1 Å². The Hall–Kier alpha value is -4.04. The Bertz CT molecular complexity index is 1200. The lowest BCUT2D eigenvalue weighted by Crippen LogP contribution is -2.46. The second-order valence-electron chi connectivity index (χ2n) is 10.4. The summed E-state index contributed by atoms with van der Waals surface area (Å²) >= 11 is 0. The van der Waals surface area contributed by atoms with Gasteiger partial charge in [0.2, 0.25) is 0 Å². The Morgan fingerprint density at radius 3 is 2.46 bits per heavy atom. The molecule has 1 atom stereocenters. The van der Waals surface area contributed by atoms with Crippen LogP contribution in [-0.2, 0) is 14.3 Å². The third-order valence-electron chi connectivity index (χ3n) is 6.06. The number of pyridine rings is 1. The summed E-state index contributed by atoms with van der Waals surface area (Å²) in [5.74, 6) is 0.0933. The molecule has 210 valence electrons. The van der Waals surface area contributed by atoms with Crippen molar-refractivity contribution in [3.63, 3.8) is 0 Å². The fourth-order valence-electron chi connectivity index (χ4n) is 4.15. The van der Waals surface area contributed by atoms with Crippen molar-refractivity contribution < 1.29 is 19.1 Å². The van der Waals surface area contributed by atoms with Crippen LogP contribution in [0.1, 0.15) is 47.1 Å². The number of anilines is 5. The van der Waals surface area contributed by atoms with Crippen molar-refractivity contribution in [3.8, 4) is 6.07 Å². The highest BCUT2D eigenvalue weighted by Gasteiger charge is 2.20. The van der Waals surface area contributed by atoms with Crippen molar-refractivity contribution in [1.82, 2.24) is 9.88 Å². The van der Waals surface area contributed by atoms with Crippen LogP contribution in [0.4, 0.5) is 33.4 Å². The normalized spacial score (nSPS) is 14.6. The van der Waals surface area contributed by atoms with Gasteiger partial charge < -0.3 is 29.9 Å². The van der Waals surface area contributed by atoms with Crippen molar-refractivity contribution in [2.45, 2.75) is 53.2 Å². The van der Waals surface area contributed by atoms with Crippen LogP contribution in [0.15, 0.2) is 30.5 Å². The van der Waals surface area contributed by atoms with E-state index in [4.69, 9.17) is 9.47 Å². The standard InChI is InChI=1S/C28H39N7O4/c1-7-34-10-12-35(13-11-34)22-8-9-23(25(14-22)33-27(37)39-28(4,5)6)32-26-15-24(21(16-29)18-31-26)30-17-19(2)38-20(3)36/h8-9,14-15,18-19H,7,10-13,17H2,1-6H3,(H,33,37)(H2,30,31,32). The van der Waals surface area contributed by atoms with Gasteiger partial charge in [-0.2, -0.15) is 5.26 Å². The van der Waals surface area contributed by atoms with Gasteiger partial charge >= 0.3 is 12.1 Å². The van der Waals surface area contributed by atoms with E-state index in [9.17, 15) is 14.9 Å². The van der Waals surface area contributed by atoms with Gasteiger partial charge in [-0.15, -0.1) is 0 Å². The van der Waals surface area contributed by atoms with E-state index < -0.39 is 11.7 Å². The minimum atomic E-state index is -0.649. The molecule has 2 aromatic rings. The summed E-state index contributed by atoms with van der Waals surface area (Å²) in [5.41, 5.74) is 2.41. The average Bonchev–Trinajstić information content (AvgIpc) is 2.87. The van der Waals surface area contributed by atoms with Gasteiger partial charge in [-0.3, -0.25) is 10.1 Å². The molecule has 11 heteroatoms. The Labute approximate surface area is 230 Å². The number of likely N-dealkylation sites (N-methyl/N-ethyl adjacent to an activating group) is 1. The van der Waals surface area contributed by atoms with Crippen molar-refractivity contribution in [3.05, 3.63) is 36.0 Å². The van der Waals surface area contributed by atoms with Gasteiger partial charge in [-0.25, -0.2) is 9.78 Å². The maximum absolute atomic E-state index is 12.7. The zero-order chi connectivity index (χ0) is 28.6. The maximum atomic E-state index is 12.7. The molecule has 1 unspecified atom stereocenters. The van der Waals surface area contributed by atoms with Crippen molar-refractivity contribution >= 4 is 40.6 Å². The van der Waals surface area contributed by atoms with Crippen molar-refractivity contribution in [2.75, 3.05) is 60.1 Å². The summed E-state index contributed by atoms with van der Waals surface area (Å²) in [6.07, 6.45) is 0.520. The first kappa shape index (κ1) is 29.5. The number of carbonyl (C=O) groups is 2. The fraction of sp³-hybridized carbons (Fsp3) is 0.500. The van der Waals surface area contributed by atoms with Gasteiger partial charge in [0.15, 0.2) is 0 Å². The molecule has 1 aromatic carbocycles. The molecular formula is C28H39N7O4. The van der Waals surface area contributed by atoms with E-state index in [2.05, 4.69) is 43.7 Å². The molecule has 1 aromatic heterocycles. The molecule has 0 saturated carbocycles. The molecule has 0 radical (unpaired) electrons. The van der Waals surface area contributed by atoms with Gasteiger partial charge in [-0.1, -0.05) is 6.92 Å². The SMILES string of the molecule is CCN1CCN(c2ccc(Nc3cc(NCC(C)OC(C)=O)c(C#N)cn3)c(NC(=O)OC(C)(C)C)c2)CC1. The summed E-state index contributed by atoms with van der Waals surface area (Å²) in [6.45, 7) is 15.8. The van der Waals surface area contributed by atoms with Crippen molar-refractivity contribution in [1.29, 1.82) is 5.26 Å². The average molecular weight is 538 g/mol. The van der Waals surface area contributed by atoms with E-state index >= 15 is 0 Å². The Morgan fingerprint density at radius 1 is 1.13 bits per heavy atom. The number of nitriles is 1. The molecule has 2 heterocycles. The summed E-state index contributed by atoms with van der Waals surface area (Å²) in [5, 5.41) is 18.8. The number of nitrogens with one attached hydrogen (secondary N) is 3. The van der Waals surface area contributed by atoms with E-state index in [-0.39, 0.29) is 12.1 Å². The predicted molar refractivity (Wildman–Crippen MR) is 153 cm³/mol. The molecule has 1 aliphatic heterocycles. The predicted octanol–water partition coefficient (Wildman–Crippen LogP) is 4.55. The molecule has 1 fully saturated rings. The first-order valence-corrected chi connectivity index (χ1v) is 13.2. The van der Waals surface area contributed by atoms with Crippen LogP contribution in [0.2, 0.25) is 0 Å². The summed E-state index contributed by atoms with van der Waals surface area (Å²) in [4.78, 5) is 33.0. The number of hydrogen-bond acceptors (Lipinski definition) is 10. The Kier molecular flexibility index (Phi) is 9.95. The number of aromatic nitrogens is 1. The molecule has 0 aliphatic carbocycles. The first-order valence-electron chi connectivity index (χ1n) is 13.2. The largest absolute Gasteiger partial charge is 0.461 e. The lowest BCUT2D eigenvalue weighted by molar-refractivity contribution is -0.144. The first-order chi connectivity index (χ1) is 18.5. The van der Waals surface area contributed by atoms with Crippen molar-refractivity contribution in [2.24, 2.45) is 0 Å². The highest BCUT2D eigenvalue weighted by atomic mass is 16.6. The van der Waals surface area contributed by atoms with Crippen LogP contribution in [0.5, 0.6) is 0 Å². The molecular weight excluding hydrogens is 498 g/mol. The number of ether oxygens (including phenoxy) is 2. The van der Waals surface area contributed by atoms with Crippen LogP contribution < -0.4 is 20.9 Å². The monoisotopic (exact) mass is 537 g/mol. The number of benzene rings is 1. The number of piperazine rings is 1. The third kappa shape index (κ3) is 9.04. The highest BCUT2D eigenvalue weighted by molar-refractivity contribution is 5.92. The second-order valence-corrected chi connectivity index (χ2v) is 10.4. The summed E-state index contributed by atoms with van der Waals surface area (Å²) < 4.78 is 10.7. The minimum absolute atomic E-state index is 0.323. The number of carbonyl (C=O) groups excluding carboxylic acids is 2. The number of rotatable bonds is 9. The molecule has 0 bridgehead atoms. The van der Waals surface area contributed by atoms with Crippen LogP contribution in [0, 0.1) is 11.3 Å². The van der Waals surface area contributed by atoms with Gasteiger partial charge in [0.1, 0.15) is 23.6 Å². The quantitative estimate of drug-likeness (QED) is 0.391. The summed E-state index contributed by atoms with van der Waals surface area (Å²) in [6, 6.07) is 9.65. The molecule has 1 saturated heterocycles. The molecule has 39 heavy (non-hydrogen) atoms. The Morgan fingerprint density at radius 2 is 1.85 bits per heavy atom. The fourth-order valence-corrected chi connectivity index (χ4v) is 4.15. The molecule has 1 amide bonds. The van der Waals surface area contributed by atoms with Crippen LogP contribution in [0.3, 0.4) is 0 Å². The lowest BCUT2D eigenvalue weighted by Gasteiger charge is -2.35. The second kappa shape index (κ2) is 13.2. The van der Waals surface area contributed by atoms with E-state index in [1.54, 1.807) is 13.0 Å². The molecule has 3 N–H and O–H groups in total. The smallest absolute Gasteiger partial charge is 0.412 e. The van der Waals surface area contributed by atoms with E-state index in [0.29, 0.717) is 35.0 Å². The van der Waals surface area contributed by atoms with E-state index in [1.165, 1.54) is 13.1 Å². The van der Waals surface area contributed by atoms with Crippen LogP contribution in [0.25, 0.3) is 0 Å². The topological polar surface area (TPSA) is 132 Å². The Balaban J connectivity index is 1.85. The number of hydrogen-bond donors (Lipinski definition) is 3. The maximum Gasteiger partial charge on any atom is 0.412 e. The number of esters is 1. The van der Waals surface area contributed by atoms with Gasteiger partial charge in [0.25, 0.3) is 0 Å². The summed E-state index contributed by atoms with van der Waals surface area (Å²) in [7, 11) is 0. The van der Waals surface area contributed by atoms with Gasteiger partial charge in [-0.05, 0) is 52.4 Å². The third-order valence-corrected chi connectivity index (χ3v) is 6.06. The zero-order valence-corrected chi connectivity index (χ0v) is 23.6. The number of nitrogens with zero attached hydrogens (tertiary/aromatic N) is 4. The van der Waals surface area contributed by atoms with Crippen LogP contribution in [-0.4, -0.2) is 72.9 Å². The molecule has 11 nitrogen and oxygen atoms in total. The minimum Gasteiger partial charge on any atom is -0.461 e. The number of amides is 1. The zero-order valence-electron chi connectivity index (χ0n) is 23.6. The van der Waals surface area contributed by atoms with E-state index in [0.717, 1.165) is 38.4 Å².